The summed E-state index contributed by atoms with van der Waals surface area (Å²) in [6.45, 7) is 8.08. The summed E-state index contributed by atoms with van der Waals surface area (Å²) < 4.78 is 40.1. The van der Waals surface area contributed by atoms with Crippen LogP contribution in [0.2, 0.25) is 0 Å². The number of nitrogens with zero attached hydrogens (tertiary/aromatic N) is 3. The van der Waals surface area contributed by atoms with Gasteiger partial charge in [0.15, 0.2) is 0 Å². The first-order valence-corrected chi connectivity index (χ1v) is 8.10. The second-order valence-corrected chi connectivity index (χ2v) is 6.68. The molecule has 0 saturated carbocycles. The van der Waals surface area contributed by atoms with Crippen LogP contribution in [0.1, 0.15) is 56.5 Å². The molecule has 8 heteroatoms. The Hall–Kier alpha value is -1.70. The molecule has 0 spiro atoms. The maximum absolute atomic E-state index is 13.0. The van der Waals surface area contributed by atoms with Gasteiger partial charge >= 0.3 is 6.18 Å². The Kier molecular flexibility index (Phi) is 5.17. The van der Waals surface area contributed by atoms with E-state index in [1.54, 1.807) is 6.07 Å². The van der Waals surface area contributed by atoms with Crippen LogP contribution in [-0.2, 0) is 6.18 Å². The molecule has 0 saturated heterocycles. The molecule has 2 rings (SSSR count). The highest BCUT2D eigenvalue weighted by Gasteiger charge is 2.37. The van der Waals surface area contributed by atoms with Crippen LogP contribution in [-0.4, -0.2) is 21.8 Å². The molecule has 1 heterocycles. The molecule has 0 atom stereocenters. The lowest BCUT2D eigenvalue weighted by molar-refractivity contribution is -0.144. The topological polar surface area (TPSA) is 42.7 Å². The Bertz CT molecular complexity index is 736. The van der Waals surface area contributed by atoms with Gasteiger partial charge in [-0.15, -0.1) is 17.7 Å². The van der Waals surface area contributed by atoms with E-state index in [1.807, 2.05) is 19.9 Å². The van der Waals surface area contributed by atoms with Crippen LogP contribution in [0.3, 0.4) is 0 Å². The van der Waals surface area contributed by atoms with E-state index < -0.39 is 12.0 Å². The van der Waals surface area contributed by atoms with Crippen LogP contribution in [0, 0.1) is 0 Å². The normalized spacial score (nSPS) is 12.3. The summed E-state index contributed by atoms with van der Waals surface area (Å²) in [6, 6.07) is 3.74. The minimum atomic E-state index is -4.60. The average molecular weight is 358 g/mol. The summed E-state index contributed by atoms with van der Waals surface area (Å²) in [7, 11) is 1.51. The van der Waals surface area contributed by atoms with E-state index in [2.05, 4.69) is 41.9 Å². The summed E-state index contributed by atoms with van der Waals surface area (Å²) >= 11 is 4.50. The Balaban J connectivity index is 2.72. The number of hydrogen-bond donors (Lipinski definition) is 2. The molecule has 1 aromatic carbocycles. The molecule has 0 bridgehead atoms. The van der Waals surface area contributed by atoms with E-state index in [0.29, 0.717) is 5.69 Å². The van der Waals surface area contributed by atoms with Gasteiger partial charge in [-0.25, -0.2) is 0 Å². The minimum absolute atomic E-state index is 0.0363. The number of benzene rings is 1. The SMILES string of the molecule is CNc1nc(C(F)(F)F)nn1-c1cc(S)c(C(C)C)cc1C(C)C. The smallest absolute Gasteiger partial charge is 0.357 e. The van der Waals surface area contributed by atoms with Crippen molar-refractivity contribution in [1.29, 1.82) is 0 Å². The predicted octanol–water partition coefficient (Wildman–Crippen LogP) is 4.86. The largest absolute Gasteiger partial charge is 0.453 e. The van der Waals surface area contributed by atoms with Gasteiger partial charge in [-0.05, 0) is 29.0 Å². The lowest BCUT2D eigenvalue weighted by Crippen LogP contribution is -2.10. The third-order valence-electron chi connectivity index (χ3n) is 3.73. The van der Waals surface area contributed by atoms with E-state index in [1.165, 1.54) is 11.7 Å². The van der Waals surface area contributed by atoms with Crippen molar-refractivity contribution < 1.29 is 13.2 Å². The number of thiol groups is 1. The van der Waals surface area contributed by atoms with Crippen molar-refractivity contribution in [3.63, 3.8) is 0 Å². The van der Waals surface area contributed by atoms with Crippen LogP contribution >= 0.6 is 12.6 Å². The zero-order chi connectivity index (χ0) is 18.2. The fourth-order valence-corrected chi connectivity index (χ4v) is 2.93. The number of anilines is 1. The molecule has 2 aromatic rings. The van der Waals surface area contributed by atoms with Crippen molar-refractivity contribution in [2.45, 2.75) is 50.6 Å². The molecule has 0 aliphatic carbocycles. The Morgan fingerprint density at radius 1 is 1.08 bits per heavy atom. The molecule has 0 aliphatic rings. The quantitative estimate of drug-likeness (QED) is 0.767. The first kappa shape index (κ1) is 18.6. The lowest BCUT2D eigenvalue weighted by atomic mass is 9.94. The minimum Gasteiger partial charge on any atom is -0.357 e. The summed E-state index contributed by atoms with van der Waals surface area (Å²) in [4.78, 5) is 4.27. The van der Waals surface area contributed by atoms with E-state index in [9.17, 15) is 13.2 Å². The summed E-state index contributed by atoms with van der Waals surface area (Å²) in [5.41, 5.74) is 2.49. The zero-order valence-electron chi connectivity index (χ0n) is 14.2. The third-order valence-corrected chi connectivity index (χ3v) is 4.12. The van der Waals surface area contributed by atoms with Crippen molar-refractivity contribution in [3.8, 4) is 5.69 Å². The predicted molar refractivity (Wildman–Crippen MR) is 91.3 cm³/mol. The van der Waals surface area contributed by atoms with E-state index in [0.717, 1.165) is 16.0 Å². The highest BCUT2D eigenvalue weighted by Crippen LogP contribution is 2.34. The van der Waals surface area contributed by atoms with E-state index in [4.69, 9.17) is 0 Å². The molecule has 1 aromatic heterocycles. The molecule has 0 fully saturated rings. The van der Waals surface area contributed by atoms with Gasteiger partial charge in [-0.2, -0.15) is 22.8 Å². The highest BCUT2D eigenvalue weighted by atomic mass is 32.1. The summed E-state index contributed by atoms with van der Waals surface area (Å²) in [6.07, 6.45) is -4.60. The van der Waals surface area contributed by atoms with Gasteiger partial charge in [-0.1, -0.05) is 33.8 Å². The van der Waals surface area contributed by atoms with Crippen molar-refractivity contribution in [3.05, 3.63) is 29.1 Å². The molecule has 0 unspecified atom stereocenters. The van der Waals surface area contributed by atoms with Gasteiger partial charge in [-0.3, -0.25) is 0 Å². The summed E-state index contributed by atoms with van der Waals surface area (Å²) in [5, 5.41) is 6.34. The molecule has 132 valence electrons. The van der Waals surface area contributed by atoms with Crippen molar-refractivity contribution in [2.75, 3.05) is 12.4 Å². The highest BCUT2D eigenvalue weighted by molar-refractivity contribution is 7.80. The molecule has 0 amide bonds. The second-order valence-electron chi connectivity index (χ2n) is 6.20. The number of nitrogens with one attached hydrogen (secondary N) is 1. The molecule has 4 nitrogen and oxygen atoms in total. The van der Waals surface area contributed by atoms with Crippen LogP contribution in [0.15, 0.2) is 17.0 Å². The lowest BCUT2D eigenvalue weighted by Gasteiger charge is -2.19. The van der Waals surface area contributed by atoms with Gasteiger partial charge < -0.3 is 5.32 Å². The number of halogens is 3. The van der Waals surface area contributed by atoms with Crippen molar-refractivity contribution in [1.82, 2.24) is 14.8 Å². The third kappa shape index (κ3) is 3.53. The summed E-state index contributed by atoms with van der Waals surface area (Å²) in [5.74, 6) is -0.770. The zero-order valence-corrected chi connectivity index (χ0v) is 15.1. The Morgan fingerprint density at radius 3 is 2.12 bits per heavy atom. The van der Waals surface area contributed by atoms with Gasteiger partial charge in [0.05, 0.1) is 5.69 Å². The van der Waals surface area contributed by atoms with Crippen LogP contribution in [0.25, 0.3) is 5.69 Å². The van der Waals surface area contributed by atoms with E-state index in [-0.39, 0.29) is 17.8 Å². The Labute approximate surface area is 144 Å². The standard InChI is InChI=1S/C16H21F3N4S/c1-8(2)10-6-11(9(3)4)13(24)7-12(10)23-15(20-5)21-14(22-23)16(17,18)19/h6-9,24H,1-5H3,(H,20,21,22). The monoisotopic (exact) mass is 358 g/mol. The van der Waals surface area contributed by atoms with E-state index >= 15 is 0 Å². The average Bonchev–Trinajstić information content (AvgIpc) is 2.90. The first-order valence-electron chi connectivity index (χ1n) is 7.65. The maximum atomic E-state index is 13.0. The molecule has 0 aliphatic heterocycles. The van der Waals surface area contributed by atoms with Gasteiger partial charge in [0.1, 0.15) is 0 Å². The van der Waals surface area contributed by atoms with Crippen LogP contribution < -0.4 is 5.32 Å². The van der Waals surface area contributed by atoms with Crippen LogP contribution in [0.4, 0.5) is 19.1 Å². The molecular formula is C16H21F3N4S. The van der Waals surface area contributed by atoms with Crippen LogP contribution in [0.5, 0.6) is 0 Å². The molecular weight excluding hydrogens is 337 g/mol. The van der Waals surface area contributed by atoms with Gasteiger partial charge in [0.25, 0.3) is 5.82 Å². The number of hydrogen-bond acceptors (Lipinski definition) is 4. The molecule has 1 N–H and O–H groups in total. The van der Waals surface area contributed by atoms with Gasteiger partial charge in [0, 0.05) is 11.9 Å². The van der Waals surface area contributed by atoms with Crippen molar-refractivity contribution >= 4 is 18.6 Å². The number of aromatic nitrogens is 3. The van der Waals surface area contributed by atoms with Crippen molar-refractivity contribution in [2.24, 2.45) is 0 Å². The Morgan fingerprint density at radius 2 is 1.67 bits per heavy atom. The maximum Gasteiger partial charge on any atom is 0.453 e. The number of rotatable bonds is 4. The fraction of sp³-hybridized carbons (Fsp3) is 0.500. The molecule has 0 radical (unpaired) electrons. The second kappa shape index (κ2) is 6.66. The number of alkyl halides is 3. The first-order chi connectivity index (χ1) is 11.1. The van der Waals surface area contributed by atoms with Gasteiger partial charge in [0.2, 0.25) is 5.95 Å². The molecule has 24 heavy (non-hydrogen) atoms. The fourth-order valence-electron chi connectivity index (χ4n) is 2.48.